The minimum atomic E-state index is 0. The Balaban J connectivity index is 0.00000128. The van der Waals surface area contributed by atoms with Crippen LogP contribution >= 0.6 is 36.2 Å². The molecule has 0 saturated heterocycles. The topological polar surface area (TPSA) is 51.8 Å². The lowest BCUT2D eigenvalue weighted by atomic mass is 10.2. The number of thiazole rings is 1. The summed E-state index contributed by atoms with van der Waals surface area (Å²) in [6.07, 6.45) is 5.55. The van der Waals surface area contributed by atoms with Gasteiger partial charge in [-0.1, -0.05) is 0 Å². The molecular weight excluding hydrogens is 277 g/mol. The minimum Gasteiger partial charge on any atom is -0.330 e. The number of aryl methyl sites for hydroxylation is 1. The van der Waals surface area contributed by atoms with Crippen LogP contribution in [-0.2, 0) is 6.42 Å². The van der Waals surface area contributed by atoms with Crippen LogP contribution in [0.2, 0.25) is 0 Å². The van der Waals surface area contributed by atoms with Gasteiger partial charge in [-0.25, -0.2) is 4.98 Å². The van der Waals surface area contributed by atoms with E-state index in [1.54, 1.807) is 23.7 Å². The predicted molar refractivity (Wildman–Crippen MR) is 77.2 cm³/mol. The van der Waals surface area contributed by atoms with E-state index in [1.165, 1.54) is 0 Å². The quantitative estimate of drug-likeness (QED) is 0.942. The number of halogens is 2. The van der Waals surface area contributed by atoms with E-state index in [9.17, 15) is 0 Å². The van der Waals surface area contributed by atoms with Gasteiger partial charge in [0.05, 0.1) is 10.7 Å². The van der Waals surface area contributed by atoms with E-state index in [2.05, 4.69) is 15.3 Å². The van der Waals surface area contributed by atoms with Gasteiger partial charge >= 0.3 is 0 Å². The van der Waals surface area contributed by atoms with Crippen LogP contribution in [0.4, 0.5) is 0 Å². The molecule has 0 fully saturated rings. The smallest absolute Gasteiger partial charge is 0.0933 e. The number of hydrogen-bond donors (Lipinski definition) is 1. The molecule has 0 aliphatic rings. The first-order chi connectivity index (χ1) is 7.40. The summed E-state index contributed by atoms with van der Waals surface area (Å²) in [5, 5.41) is 3.24. The monoisotopic (exact) mass is 291 g/mol. The Morgan fingerprint density at radius 1 is 1.18 bits per heavy atom. The fraction of sp³-hybridized carbons (Fsp3) is 0.273. The molecule has 0 radical (unpaired) electrons. The van der Waals surface area contributed by atoms with Crippen LogP contribution in [0.15, 0.2) is 29.9 Å². The molecule has 2 heterocycles. The summed E-state index contributed by atoms with van der Waals surface area (Å²) in [7, 11) is 0. The Bertz CT molecular complexity index is 420. The molecule has 2 aromatic heterocycles. The molecule has 2 rings (SSSR count). The molecule has 0 unspecified atom stereocenters. The summed E-state index contributed by atoms with van der Waals surface area (Å²) >= 11 is 1.70. The van der Waals surface area contributed by atoms with Gasteiger partial charge in [0.25, 0.3) is 0 Å². The third-order valence-electron chi connectivity index (χ3n) is 2.12. The van der Waals surface area contributed by atoms with Crippen LogP contribution in [0.5, 0.6) is 0 Å². The van der Waals surface area contributed by atoms with Crippen LogP contribution in [0.3, 0.4) is 0 Å². The van der Waals surface area contributed by atoms with Crippen molar-refractivity contribution in [3.05, 3.63) is 34.9 Å². The van der Waals surface area contributed by atoms with Gasteiger partial charge in [-0.15, -0.1) is 36.2 Å². The van der Waals surface area contributed by atoms with Crippen LogP contribution in [0.25, 0.3) is 11.3 Å². The summed E-state index contributed by atoms with van der Waals surface area (Å²) < 4.78 is 0. The standard InChI is InChI=1S/C11H13N3S.2ClH/c12-5-1-2-11-14-10(8-15-11)9-3-6-13-7-4-9;;/h3-4,6-8H,1-2,5,12H2;2*1H. The van der Waals surface area contributed by atoms with Crippen LogP contribution in [0.1, 0.15) is 11.4 Å². The highest BCUT2D eigenvalue weighted by Crippen LogP contribution is 2.21. The van der Waals surface area contributed by atoms with Crippen molar-refractivity contribution in [2.45, 2.75) is 12.8 Å². The van der Waals surface area contributed by atoms with Gasteiger partial charge in [-0.05, 0) is 25.1 Å². The van der Waals surface area contributed by atoms with Gasteiger partial charge in [0.2, 0.25) is 0 Å². The van der Waals surface area contributed by atoms with Crippen molar-refractivity contribution in [2.24, 2.45) is 5.73 Å². The first-order valence-electron chi connectivity index (χ1n) is 4.95. The first kappa shape index (κ1) is 16.3. The van der Waals surface area contributed by atoms with Crippen molar-refractivity contribution in [1.82, 2.24) is 9.97 Å². The summed E-state index contributed by atoms with van der Waals surface area (Å²) in [5.41, 5.74) is 7.62. The normalized spacial score (nSPS) is 9.24. The maximum atomic E-state index is 5.46. The molecule has 0 aliphatic carbocycles. The number of pyridine rings is 1. The maximum absolute atomic E-state index is 5.46. The molecule has 2 aromatic rings. The molecule has 17 heavy (non-hydrogen) atoms. The van der Waals surface area contributed by atoms with Gasteiger partial charge in [0, 0.05) is 29.8 Å². The molecule has 0 aromatic carbocycles. The van der Waals surface area contributed by atoms with E-state index in [0.717, 1.165) is 35.7 Å². The fourth-order valence-corrected chi connectivity index (χ4v) is 2.18. The summed E-state index contributed by atoms with van der Waals surface area (Å²) in [5.74, 6) is 0. The second-order valence-electron chi connectivity index (χ2n) is 3.25. The molecule has 0 atom stereocenters. The van der Waals surface area contributed by atoms with Crippen molar-refractivity contribution < 1.29 is 0 Å². The van der Waals surface area contributed by atoms with E-state index in [0.29, 0.717) is 0 Å². The van der Waals surface area contributed by atoms with E-state index < -0.39 is 0 Å². The van der Waals surface area contributed by atoms with Crippen LogP contribution < -0.4 is 5.73 Å². The second kappa shape index (κ2) is 8.42. The van der Waals surface area contributed by atoms with E-state index in [-0.39, 0.29) is 24.8 Å². The highest BCUT2D eigenvalue weighted by molar-refractivity contribution is 7.09. The van der Waals surface area contributed by atoms with Crippen molar-refractivity contribution in [1.29, 1.82) is 0 Å². The van der Waals surface area contributed by atoms with Crippen molar-refractivity contribution in [2.75, 3.05) is 6.54 Å². The number of nitrogens with two attached hydrogens (primary N) is 1. The van der Waals surface area contributed by atoms with Gasteiger partial charge in [0.15, 0.2) is 0 Å². The summed E-state index contributed by atoms with van der Waals surface area (Å²) in [6, 6.07) is 3.95. The second-order valence-corrected chi connectivity index (χ2v) is 4.20. The lowest BCUT2D eigenvalue weighted by Crippen LogP contribution is -1.99. The van der Waals surface area contributed by atoms with Gasteiger partial charge in [-0.2, -0.15) is 0 Å². The molecular formula is C11H15Cl2N3S. The SMILES string of the molecule is Cl.Cl.NCCCc1nc(-c2ccncc2)cs1. The van der Waals surface area contributed by atoms with Gasteiger partial charge in [0.1, 0.15) is 0 Å². The number of aromatic nitrogens is 2. The molecule has 0 saturated carbocycles. The largest absolute Gasteiger partial charge is 0.330 e. The fourth-order valence-electron chi connectivity index (χ4n) is 1.33. The zero-order valence-corrected chi connectivity index (χ0v) is 11.7. The summed E-state index contributed by atoms with van der Waals surface area (Å²) in [6.45, 7) is 0.726. The zero-order chi connectivity index (χ0) is 10.5. The number of rotatable bonds is 4. The molecule has 6 heteroatoms. The highest BCUT2D eigenvalue weighted by atomic mass is 35.5. The predicted octanol–water partition coefficient (Wildman–Crippen LogP) is 2.94. The molecule has 2 N–H and O–H groups in total. The summed E-state index contributed by atoms with van der Waals surface area (Å²) in [4.78, 5) is 8.54. The minimum absolute atomic E-state index is 0. The van der Waals surface area contributed by atoms with Crippen LogP contribution in [-0.4, -0.2) is 16.5 Å². The lowest BCUT2D eigenvalue weighted by molar-refractivity contribution is 0.827. The molecule has 0 aliphatic heterocycles. The van der Waals surface area contributed by atoms with Crippen LogP contribution in [0, 0.1) is 0 Å². The van der Waals surface area contributed by atoms with E-state index in [1.807, 2.05) is 12.1 Å². The van der Waals surface area contributed by atoms with E-state index in [4.69, 9.17) is 5.73 Å². The van der Waals surface area contributed by atoms with Gasteiger partial charge in [-0.3, -0.25) is 4.98 Å². The average Bonchev–Trinajstić information content (AvgIpc) is 2.76. The molecule has 94 valence electrons. The highest BCUT2D eigenvalue weighted by Gasteiger charge is 2.03. The third-order valence-corrected chi connectivity index (χ3v) is 3.03. The number of hydrogen-bond acceptors (Lipinski definition) is 4. The Morgan fingerprint density at radius 3 is 2.53 bits per heavy atom. The van der Waals surface area contributed by atoms with Crippen molar-refractivity contribution in [3.8, 4) is 11.3 Å². The van der Waals surface area contributed by atoms with Gasteiger partial charge < -0.3 is 5.73 Å². The number of nitrogens with zero attached hydrogens (tertiary/aromatic N) is 2. The lowest BCUT2D eigenvalue weighted by Gasteiger charge is -1.94. The maximum Gasteiger partial charge on any atom is 0.0933 e. The molecule has 0 spiro atoms. The average molecular weight is 292 g/mol. The Morgan fingerprint density at radius 2 is 1.88 bits per heavy atom. The molecule has 3 nitrogen and oxygen atoms in total. The Kier molecular flexibility index (Phi) is 8.08. The third kappa shape index (κ3) is 4.60. The van der Waals surface area contributed by atoms with E-state index >= 15 is 0 Å². The first-order valence-corrected chi connectivity index (χ1v) is 5.83. The van der Waals surface area contributed by atoms with Crippen molar-refractivity contribution >= 4 is 36.2 Å². The molecule has 0 amide bonds. The Labute approximate surface area is 117 Å². The zero-order valence-electron chi connectivity index (χ0n) is 9.20. The van der Waals surface area contributed by atoms with Crippen molar-refractivity contribution in [3.63, 3.8) is 0 Å². The molecule has 0 bridgehead atoms. The Hall–Kier alpha value is -0.680.